The van der Waals surface area contributed by atoms with Gasteiger partial charge in [0.15, 0.2) is 0 Å². The summed E-state index contributed by atoms with van der Waals surface area (Å²) >= 11 is 0. The largest absolute Gasteiger partial charge is 0.388 e. The summed E-state index contributed by atoms with van der Waals surface area (Å²) in [5.41, 5.74) is 3.24. The maximum Gasteiger partial charge on any atom is 0.242 e. The van der Waals surface area contributed by atoms with Crippen LogP contribution in [0, 0.1) is 12.3 Å². The molecule has 1 aliphatic rings. The third kappa shape index (κ3) is 3.15. The minimum Gasteiger partial charge on any atom is -0.388 e. The van der Waals surface area contributed by atoms with E-state index in [9.17, 15) is 9.90 Å². The van der Waals surface area contributed by atoms with Gasteiger partial charge in [0, 0.05) is 23.5 Å². The van der Waals surface area contributed by atoms with E-state index >= 15 is 0 Å². The highest BCUT2D eigenvalue weighted by atomic mass is 16.3. The van der Waals surface area contributed by atoms with Crippen molar-refractivity contribution in [3.63, 3.8) is 0 Å². The summed E-state index contributed by atoms with van der Waals surface area (Å²) in [5.74, 6) is 0.0521. The highest BCUT2D eigenvalue weighted by molar-refractivity contribution is 5.80. The first-order chi connectivity index (χ1) is 9.76. The Morgan fingerprint density at radius 1 is 1.57 bits per heavy atom. The molecule has 2 N–H and O–H groups in total. The van der Waals surface area contributed by atoms with Gasteiger partial charge < -0.3 is 15.0 Å². The Hall–Kier alpha value is -1.29. The van der Waals surface area contributed by atoms with Crippen LogP contribution in [0.25, 0.3) is 0 Å². The SMILES string of the molecule is CCCNC(=O)C(C)n1c(C)cc2c1CC(C)(C)CC2O. The number of aliphatic hydroxyl groups excluding tert-OH is 1. The van der Waals surface area contributed by atoms with Crippen molar-refractivity contribution in [1.82, 2.24) is 9.88 Å². The number of aryl methyl sites for hydroxylation is 1. The molecule has 2 rings (SSSR count). The quantitative estimate of drug-likeness (QED) is 0.896. The van der Waals surface area contributed by atoms with Crippen LogP contribution in [0.5, 0.6) is 0 Å². The number of aromatic nitrogens is 1. The van der Waals surface area contributed by atoms with E-state index in [1.54, 1.807) is 0 Å². The minimum absolute atomic E-state index is 0.0521. The molecule has 2 unspecified atom stereocenters. The fourth-order valence-corrected chi connectivity index (χ4v) is 3.42. The fraction of sp³-hybridized carbons (Fsp3) is 0.706. The van der Waals surface area contributed by atoms with Crippen LogP contribution >= 0.6 is 0 Å². The number of carbonyl (C=O) groups excluding carboxylic acids is 1. The Balaban J connectivity index is 2.35. The van der Waals surface area contributed by atoms with Crippen LogP contribution in [0.4, 0.5) is 0 Å². The lowest BCUT2D eigenvalue weighted by Crippen LogP contribution is -2.34. The van der Waals surface area contributed by atoms with Crippen LogP contribution in [0.15, 0.2) is 6.07 Å². The highest BCUT2D eigenvalue weighted by Gasteiger charge is 2.35. The molecule has 0 aliphatic heterocycles. The van der Waals surface area contributed by atoms with Gasteiger partial charge in [-0.05, 0) is 44.6 Å². The van der Waals surface area contributed by atoms with Gasteiger partial charge in [-0.2, -0.15) is 0 Å². The predicted octanol–water partition coefficient (Wildman–Crippen LogP) is 2.89. The zero-order valence-electron chi connectivity index (χ0n) is 13.9. The summed E-state index contributed by atoms with van der Waals surface area (Å²) in [4.78, 5) is 12.3. The summed E-state index contributed by atoms with van der Waals surface area (Å²) < 4.78 is 2.10. The lowest BCUT2D eigenvalue weighted by Gasteiger charge is -2.34. The zero-order valence-corrected chi connectivity index (χ0v) is 13.9. The molecular formula is C17H28N2O2. The number of aliphatic hydroxyl groups is 1. The summed E-state index contributed by atoms with van der Waals surface area (Å²) in [6, 6.07) is 1.81. The molecule has 0 saturated heterocycles. The molecule has 0 spiro atoms. The molecular weight excluding hydrogens is 264 g/mol. The maximum absolute atomic E-state index is 12.3. The molecule has 21 heavy (non-hydrogen) atoms. The van der Waals surface area contributed by atoms with E-state index in [0.717, 1.165) is 36.2 Å². The van der Waals surface area contributed by atoms with Crippen molar-refractivity contribution in [1.29, 1.82) is 0 Å². The molecule has 1 heterocycles. The number of fused-ring (bicyclic) bond motifs is 1. The van der Waals surface area contributed by atoms with E-state index in [-0.39, 0.29) is 17.4 Å². The van der Waals surface area contributed by atoms with Crippen molar-refractivity contribution in [3.8, 4) is 0 Å². The second-order valence-corrected chi connectivity index (χ2v) is 7.09. The van der Waals surface area contributed by atoms with E-state index < -0.39 is 6.10 Å². The number of hydrogen-bond donors (Lipinski definition) is 2. The van der Waals surface area contributed by atoms with Crippen LogP contribution in [-0.2, 0) is 11.2 Å². The average molecular weight is 292 g/mol. The summed E-state index contributed by atoms with van der Waals surface area (Å²) in [6.45, 7) is 11.1. The highest BCUT2D eigenvalue weighted by Crippen LogP contribution is 2.42. The Morgan fingerprint density at radius 3 is 2.86 bits per heavy atom. The van der Waals surface area contributed by atoms with Gasteiger partial charge in [0.1, 0.15) is 6.04 Å². The molecule has 0 bridgehead atoms. The van der Waals surface area contributed by atoms with Crippen molar-refractivity contribution < 1.29 is 9.90 Å². The average Bonchev–Trinajstić information content (AvgIpc) is 2.70. The maximum atomic E-state index is 12.3. The molecule has 1 aliphatic carbocycles. The molecule has 0 radical (unpaired) electrons. The number of carbonyl (C=O) groups is 1. The first-order valence-corrected chi connectivity index (χ1v) is 7.93. The Bertz CT molecular complexity index is 531. The normalized spacial score (nSPS) is 21.7. The number of amides is 1. The third-order valence-electron chi connectivity index (χ3n) is 4.44. The lowest BCUT2D eigenvalue weighted by molar-refractivity contribution is -0.124. The number of hydrogen-bond acceptors (Lipinski definition) is 2. The molecule has 4 heteroatoms. The van der Waals surface area contributed by atoms with Crippen LogP contribution in [0.3, 0.4) is 0 Å². The second-order valence-electron chi connectivity index (χ2n) is 7.09. The van der Waals surface area contributed by atoms with Crippen LogP contribution in [0.2, 0.25) is 0 Å². The number of nitrogens with one attached hydrogen (secondary N) is 1. The van der Waals surface area contributed by atoms with Gasteiger partial charge in [0.2, 0.25) is 5.91 Å². The molecule has 0 saturated carbocycles. The fourth-order valence-electron chi connectivity index (χ4n) is 3.42. The molecule has 2 atom stereocenters. The monoisotopic (exact) mass is 292 g/mol. The first kappa shape index (κ1) is 16.1. The second kappa shape index (κ2) is 5.84. The smallest absolute Gasteiger partial charge is 0.242 e. The van der Waals surface area contributed by atoms with Gasteiger partial charge in [-0.1, -0.05) is 20.8 Å². The molecule has 0 aromatic carbocycles. The van der Waals surface area contributed by atoms with E-state index in [2.05, 4.69) is 23.7 Å². The van der Waals surface area contributed by atoms with Crippen molar-refractivity contribution in [2.45, 2.75) is 66.0 Å². The van der Waals surface area contributed by atoms with E-state index in [4.69, 9.17) is 0 Å². The minimum atomic E-state index is -0.422. The van der Waals surface area contributed by atoms with Gasteiger partial charge in [-0.25, -0.2) is 0 Å². The van der Waals surface area contributed by atoms with Crippen molar-refractivity contribution in [2.75, 3.05) is 6.54 Å². The van der Waals surface area contributed by atoms with Crippen LogP contribution in [-0.4, -0.2) is 22.1 Å². The summed E-state index contributed by atoms with van der Waals surface area (Å²) in [5, 5.41) is 13.3. The molecule has 1 amide bonds. The van der Waals surface area contributed by atoms with Crippen molar-refractivity contribution in [3.05, 3.63) is 23.0 Å². The molecule has 1 aromatic heterocycles. The number of rotatable bonds is 4. The lowest BCUT2D eigenvalue weighted by atomic mass is 9.75. The third-order valence-corrected chi connectivity index (χ3v) is 4.44. The van der Waals surface area contributed by atoms with Gasteiger partial charge in [0.05, 0.1) is 6.10 Å². The zero-order chi connectivity index (χ0) is 15.8. The van der Waals surface area contributed by atoms with E-state index in [0.29, 0.717) is 6.54 Å². The van der Waals surface area contributed by atoms with Crippen molar-refractivity contribution >= 4 is 5.91 Å². The summed E-state index contributed by atoms with van der Waals surface area (Å²) in [6.07, 6.45) is 2.19. The Kier molecular flexibility index (Phi) is 4.47. The first-order valence-electron chi connectivity index (χ1n) is 7.93. The van der Waals surface area contributed by atoms with Crippen LogP contribution < -0.4 is 5.32 Å². The molecule has 0 fully saturated rings. The molecule has 118 valence electrons. The van der Waals surface area contributed by atoms with Crippen molar-refractivity contribution in [2.24, 2.45) is 5.41 Å². The molecule has 4 nitrogen and oxygen atoms in total. The standard InChI is InChI=1S/C17H28N2O2/c1-6-7-18-16(21)12(3)19-11(2)8-13-14(19)9-17(4,5)10-15(13)20/h8,12,15,20H,6-7,9-10H2,1-5H3,(H,18,21). The van der Waals surface area contributed by atoms with Gasteiger partial charge in [0.25, 0.3) is 0 Å². The van der Waals surface area contributed by atoms with E-state index in [1.165, 1.54) is 0 Å². The van der Waals surface area contributed by atoms with Gasteiger partial charge in [-0.3, -0.25) is 4.79 Å². The van der Waals surface area contributed by atoms with Crippen LogP contribution in [0.1, 0.15) is 69.6 Å². The topological polar surface area (TPSA) is 54.3 Å². The van der Waals surface area contributed by atoms with Gasteiger partial charge in [-0.15, -0.1) is 0 Å². The number of nitrogens with zero attached hydrogens (tertiary/aromatic N) is 1. The molecule has 1 aromatic rings. The van der Waals surface area contributed by atoms with E-state index in [1.807, 2.05) is 26.8 Å². The predicted molar refractivity (Wildman–Crippen MR) is 84.2 cm³/mol. The summed E-state index contributed by atoms with van der Waals surface area (Å²) in [7, 11) is 0. The van der Waals surface area contributed by atoms with Gasteiger partial charge >= 0.3 is 0 Å². The Labute approximate surface area is 127 Å². The Morgan fingerprint density at radius 2 is 2.24 bits per heavy atom.